The molecule has 0 aromatic carbocycles. The topological polar surface area (TPSA) is 12.0 Å². The monoisotopic (exact) mass is 151 g/mol. The van der Waals surface area contributed by atoms with Crippen LogP contribution in [0.3, 0.4) is 0 Å². The van der Waals surface area contributed by atoms with Crippen LogP contribution in [-0.2, 0) is 0 Å². The summed E-state index contributed by atoms with van der Waals surface area (Å²) in [6.07, 6.45) is 6.63. The third-order valence-electron chi connectivity index (χ3n) is 3.08. The average molecular weight is 151 g/mol. The zero-order valence-electron chi connectivity index (χ0n) is 7.27. The third-order valence-corrected chi connectivity index (χ3v) is 3.08. The highest BCUT2D eigenvalue weighted by Crippen LogP contribution is 2.32. The van der Waals surface area contributed by atoms with Gasteiger partial charge in [-0.2, -0.15) is 0 Å². The zero-order valence-corrected chi connectivity index (χ0v) is 7.27. The van der Waals surface area contributed by atoms with Gasteiger partial charge < -0.3 is 5.32 Å². The first-order valence-corrected chi connectivity index (χ1v) is 4.77. The number of allylic oxidation sites excluding steroid dienone is 1. The predicted octanol–water partition coefficient (Wildman–Crippen LogP) is 1.95. The molecule has 0 aromatic heterocycles. The fraction of sp³-hybridized carbons (Fsp3) is 0.800. The molecule has 0 amide bonds. The molecule has 2 atom stereocenters. The molecule has 1 aliphatic carbocycles. The first-order chi connectivity index (χ1) is 5.38. The molecule has 2 unspecified atom stereocenters. The van der Waals surface area contributed by atoms with Crippen LogP contribution in [-0.4, -0.2) is 13.1 Å². The minimum Gasteiger partial charge on any atom is -0.313 e. The number of fused-ring (bicyclic) bond motifs is 1. The summed E-state index contributed by atoms with van der Waals surface area (Å²) in [4.78, 5) is 0. The van der Waals surface area contributed by atoms with Gasteiger partial charge in [0.15, 0.2) is 0 Å². The molecule has 1 heterocycles. The molecule has 0 aromatic rings. The van der Waals surface area contributed by atoms with Crippen LogP contribution in [0.25, 0.3) is 0 Å². The second-order valence-electron chi connectivity index (χ2n) is 3.92. The summed E-state index contributed by atoms with van der Waals surface area (Å²) < 4.78 is 0. The molecule has 62 valence electrons. The maximum absolute atomic E-state index is 3.47. The van der Waals surface area contributed by atoms with Gasteiger partial charge in [0.25, 0.3) is 0 Å². The van der Waals surface area contributed by atoms with E-state index >= 15 is 0 Å². The maximum Gasteiger partial charge on any atom is 0.0167 e. The van der Waals surface area contributed by atoms with Crippen LogP contribution in [0.4, 0.5) is 0 Å². The first kappa shape index (κ1) is 7.35. The summed E-state index contributed by atoms with van der Waals surface area (Å²) in [5.41, 5.74) is 1.69. The number of rotatable bonds is 0. The lowest BCUT2D eigenvalue weighted by molar-refractivity contribution is 0.310. The number of nitrogens with one attached hydrogen (secondary N) is 1. The van der Waals surface area contributed by atoms with E-state index in [-0.39, 0.29) is 0 Å². The molecule has 0 radical (unpaired) electrons. The van der Waals surface area contributed by atoms with Crippen LogP contribution >= 0.6 is 0 Å². The molecule has 1 N–H and O–H groups in total. The summed E-state index contributed by atoms with van der Waals surface area (Å²) in [7, 11) is 0. The molecular weight excluding hydrogens is 134 g/mol. The average Bonchev–Trinajstić information content (AvgIpc) is 2.06. The Hall–Kier alpha value is -0.300. The minimum atomic E-state index is 0.871. The molecule has 0 spiro atoms. The first-order valence-electron chi connectivity index (χ1n) is 4.77. The van der Waals surface area contributed by atoms with E-state index in [0.717, 1.165) is 18.4 Å². The van der Waals surface area contributed by atoms with Crippen molar-refractivity contribution in [3.8, 4) is 0 Å². The Kier molecular flexibility index (Phi) is 1.99. The summed E-state index contributed by atoms with van der Waals surface area (Å²) in [5.74, 6) is 1.79. The molecule has 1 fully saturated rings. The molecule has 0 bridgehead atoms. The van der Waals surface area contributed by atoms with E-state index in [4.69, 9.17) is 0 Å². The van der Waals surface area contributed by atoms with Crippen LogP contribution < -0.4 is 5.32 Å². The standard InChI is InChI=1S/C10H17N/c1-8-6-11-7-9-4-2-3-5-10(8)9/h4,8,10-11H,2-3,5-7H2,1H3. The van der Waals surface area contributed by atoms with Crippen molar-refractivity contribution in [3.05, 3.63) is 11.6 Å². The van der Waals surface area contributed by atoms with Crippen LogP contribution in [0.5, 0.6) is 0 Å². The summed E-state index contributed by atoms with van der Waals surface area (Å²) in [6.45, 7) is 4.76. The lowest BCUT2D eigenvalue weighted by atomic mass is 9.77. The van der Waals surface area contributed by atoms with Gasteiger partial charge in [0, 0.05) is 6.54 Å². The van der Waals surface area contributed by atoms with Crippen LogP contribution in [0.1, 0.15) is 26.2 Å². The molecule has 1 heteroatoms. The van der Waals surface area contributed by atoms with Crippen LogP contribution in [0.15, 0.2) is 11.6 Å². The van der Waals surface area contributed by atoms with E-state index in [0.29, 0.717) is 0 Å². The normalized spacial score (nSPS) is 37.7. The minimum absolute atomic E-state index is 0.871. The van der Waals surface area contributed by atoms with Crippen molar-refractivity contribution in [2.75, 3.05) is 13.1 Å². The Balaban J connectivity index is 2.13. The zero-order chi connectivity index (χ0) is 7.68. The summed E-state index contributed by atoms with van der Waals surface area (Å²) >= 11 is 0. The van der Waals surface area contributed by atoms with Crippen molar-refractivity contribution >= 4 is 0 Å². The van der Waals surface area contributed by atoms with Gasteiger partial charge in [-0.25, -0.2) is 0 Å². The second kappa shape index (κ2) is 2.98. The third kappa shape index (κ3) is 1.34. The quantitative estimate of drug-likeness (QED) is 0.522. The SMILES string of the molecule is CC1CNCC2=CCCCC21. The van der Waals surface area contributed by atoms with Crippen molar-refractivity contribution in [2.45, 2.75) is 26.2 Å². The van der Waals surface area contributed by atoms with Crippen molar-refractivity contribution < 1.29 is 0 Å². The van der Waals surface area contributed by atoms with Crippen molar-refractivity contribution in [2.24, 2.45) is 11.8 Å². The van der Waals surface area contributed by atoms with Crippen LogP contribution in [0, 0.1) is 11.8 Å². The summed E-state index contributed by atoms with van der Waals surface area (Å²) in [6, 6.07) is 0. The Bertz CT molecular complexity index is 172. The molecule has 1 saturated heterocycles. The molecular formula is C10H17N. The Morgan fingerprint density at radius 2 is 2.45 bits per heavy atom. The van der Waals surface area contributed by atoms with Crippen LogP contribution in [0.2, 0.25) is 0 Å². The Morgan fingerprint density at radius 3 is 3.27 bits per heavy atom. The number of piperidine rings is 1. The predicted molar refractivity (Wildman–Crippen MR) is 47.5 cm³/mol. The van der Waals surface area contributed by atoms with Gasteiger partial charge in [0.2, 0.25) is 0 Å². The highest BCUT2D eigenvalue weighted by atomic mass is 14.9. The highest BCUT2D eigenvalue weighted by molar-refractivity contribution is 5.15. The van der Waals surface area contributed by atoms with Gasteiger partial charge in [-0.3, -0.25) is 0 Å². The molecule has 11 heavy (non-hydrogen) atoms. The van der Waals surface area contributed by atoms with Gasteiger partial charge in [-0.15, -0.1) is 0 Å². The molecule has 2 rings (SSSR count). The smallest absolute Gasteiger partial charge is 0.0167 e. The van der Waals surface area contributed by atoms with Gasteiger partial charge in [-0.05, 0) is 37.6 Å². The van der Waals surface area contributed by atoms with E-state index < -0.39 is 0 Å². The Labute approximate surface area is 68.9 Å². The van der Waals surface area contributed by atoms with Gasteiger partial charge >= 0.3 is 0 Å². The van der Waals surface area contributed by atoms with Gasteiger partial charge in [-0.1, -0.05) is 18.6 Å². The fourth-order valence-electron chi connectivity index (χ4n) is 2.40. The molecule has 1 nitrogen and oxygen atoms in total. The maximum atomic E-state index is 3.47. The van der Waals surface area contributed by atoms with Crippen molar-refractivity contribution in [1.82, 2.24) is 5.32 Å². The lowest BCUT2D eigenvalue weighted by Crippen LogP contribution is -2.38. The second-order valence-corrected chi connectivity index (χ2v) is 3.92. The van der Waals surface area contributed by atoms with Crippen molar-refractivity contribution in [3.63, 3.8) is 0 Å². The van der Waals surface area contributed by atoms with Gasteiger partial charge in [0.05, 0.1) is 0 Å². The fourth-order valence-corrected chi connectivity index (χ4v) is 2.40. The lowest BCUT2D eigenvalue weighted by Gasteiger charge is -2.34. The van der Waals surface area contributed by atoms with E-state index in [1.54, 1.807) is 5.57 Å². The molecule has 2 aliphatic rings. The van der Waals surface area contributed by atoms with E-state index in [1.165, 1.54) is 25.8 Å². The summed E-state index contributed by atoms with van der Waals surface area (Å²) in [5, 5.41) is 3.47. The van der Waals surface area contributed by atoms with Gasteiger partial charge in [0.1, 0.15) is 0 Å². The van der Waals surface area contributed by atoms with E-state index in [1.807, 2.05) is 0 Å². The van der Waals surface area contributed by atoms with E-state index in [9.17, 15) is 0 Å². The highest BCUT2D eigenvalue weighted by Gasteiger charge is 2.26. The number of hydrogen-bond donors (Lipinski definition) is 1. The molecule has 1 aliphatic heterocycles. The Morgan fingerprint density at radius 1 is 1.55 bits per heavy atom. The van der Waals surface area contributed by atoms with Crippen molar-refractivity contribution in [1.29, 1.82) is 0 Å². The number of hydrogen-bond acceptors (Lipinski definition) is 1. The molecule has 0 saturated carbocycles. The van der Waals surface area contributed by atoms with E-state index in [2.05, 4.69) is 18.3 Å². The largest absolute Gasteiger partial charge is 0.313 e.